The van der Waals surface area contributed by atoms with Crippen molar-refractivity contribution in [1.82, 2.24) is 5.43 Å². The fraction of sp³-hybridized carbons (Fsp3) is 0.417. The van der Waals surface area contributed by atoms with Gasteiger partial charge in [0.05, 0.1) is 16.6 Å². The van der Waals surface area contributed by atoms with Gasteiger partial charge in [-0.3, -0.25) is 15.2 Å². The highest BCUT2D eigenvalue weighted by Crippen LogP contribution is 2.20. The molecule has 0 aliphatic heterocycles. The van der Waals surface area contributed by atoms with E-state index in [9.17, 15) is 4.79 Å². The van der Waals surface area contributed by atoms with Gasteiger partial charge in [-0.1, -0.05) is 34.1 Å². The Hall–Kier alpha value is -1.03. The zero-order valence-electron chi connectivity index (χ0n) is 9.83. The minimum absolute atomic E-state index is 0.0567. The molecule has 0 aliphatic carbocycles. The molecular formula is C12H17BrN2O. The van der Waals surface area contributed by atoms with Crippen molar-refractivity contribution in [3.05, 3.63) is 30.3 Å². The summed E-state index contributed by atoms with van der Waals surface area (Å²) in [5.74, 6) is -0.0567. The molecule has 0 unspecified atom stereocenters. The average Bonchev–Trinajstić information content (AvgIpc) is 2.25. The molecular weight excluding hydrogens is 268 g/mol. The molecule has 0 aromatic heterocycles. The first-order chi connectivity index (χ1) is 7.45. The quantitative estimate of drug-likeness (QED) is 0.684. The van der Waals surface area contributed by atoms with Crippen LogP contribution in [0.2, 0.25) is 0 Å². The SMILES string of the molecule is CC(C)(C)N(NC(=O)CBr)c1ccccc1. The lowest BCUT2D eigenvalue weighted by Gasteiger charge is -2.37. The Kier molecular flexibility index (Phi) is 4.35. The van der Waals surface area contributed by atoms with E-state index in [4.69, 9.17) is 0 Å². The van der Waals surface area contributed by atoms with Crippen LogP contribution < -0.4 is 10.4 Å². The molecule has 1 rings (SSSR count). The van der Waals surface area contributed by atoms with Gasteiger partial charge in [-0.15, -0.1) is 0 Å². The van der Waals surface area contributed by atoms with E-state index in [1.54, 1.807) is 0 Å². The number of para-hydroxylation sites is 1. The van der Waals surface area contributed by atoms with Gasteiger partial charge in [0.1, 0.15) is 0 Å². The Morgan fingerprint density at radius 1 is 1.31 bits per heavy atom. The van der Waals surface area contributed by atoms with Crippen LogP contribution in [0, 0.1) is 0 Å². The highest BCUT2D eigenvalue weighted by atomic mass is 79.9. The predicted molar refractivity (Wildman–Crippen MR) is 70.6 cm³/mol. The lowest BCUT2D eigenvalue weighted by Crippen LogP contribution is -2.53. The van der Waals surface area contributed by atoms with Crippen molar-refractivity contribution in [1.29, 1.82) is 0 Å². The van der Waals surface area contributed by atoms with Gasteiger partial charge < -0.3 is 0 Å². The molecule has 3 nitrogen and oxygen atoms in total. The van der Waals surface area contributed by atoms with Crippen molar-refractivity contribution in [2.24, 2.45) is 0 Å². The molecule has 0 bridgehead atoms. The summed E-state index contributed by atoms with van der Waals surface area (Å²) in [4.78, 5) is 11.4. The van der Waals surface area contributed by atoms with E-state index < -0.39 is 0 Å². The van der Waals surface area contributed by atoms with Crippen molar-refractivity contribution in [3.63, 3.8) is 0 Å². The van der Waals surface area contributed by atoms with Gasteiger partial charge >= 0.3 is 0 Å². The zero-order valence-corrected chi connectivity index (χ0v) is 11.4. The summed E-state index contributed by atoms with van der Waals surface area (Å²) >= 11 is 3.14. The molecule has 1 N–H and O–H groups in total. The van der Waals surface area contributed by atoms with Crippen molar-refractivity contribution in [2.75, 3.05) is 10.3 Å². The van der Waals surface area contributed by atoms with Gasteiger partial charge in [-0.05, 0) is 32.9 Å². The number of hydrogen-bond donors (Lipinski definition) is 1. The Morgan fingerprint density at radius 3 is 2.31 bits per heavy atom. The van der Waals surface area contributed by atoms with Crippen LogP contribution in [0.4, 0.5) is 5.69 Å². The normalized spacial score (nSPS) is 11.0. The Morgan fingerprint density at radius 2 is 1.88 bits per heavy atom. The number of rotatable bonds is 3. The molecule has 0 fully saturated rings. The Labute approximate surface area is 105 Å². The van der Waals surface area contributed by atoms with Gasteiger partial charge in [0.25, 0.3) is 0 Å². The van der Waals surface area contributed by atoms with E-state index in [-0.39, 0.29) is 11.4 Å². The second-order valence-corrected chi connectivity index (χ2v) is 5.07. The second-order valence-electron chi connectivity index (χ2n) is 4.51. The van der Waals surface area contributed by atoms with Crippen molar-refractivity contribution < 1.29 is 4.79 Å². The van der Waals surface area contributed by atoms with Gasteiger partial charge in [-0.25, -0.2) is 0 Å². The molecule has 88 valence electrons. The Bertz CT molecular complexity index is 346. The maximum atomic E-state index is 11.4. The molecule has 1 aromatic carbocycles. The lowest BCUT2D eigenvalue weighted by molar-refractivity contribution is -0.118. The largest absolute Gasteiger partial charge is 0.280 e. The fourth-order valence-corrected chi connectivity index (χ4v) is 1.48. The van der Waals surface area contributed by atoms with Crippen LogP contribution in [0.25, 0.3) is 0 Å². The number of alkyl halides is 1. The number of nitrogens with one attached hydrogen (secondary N) is 1. The third-order valence-corrected chi connectivity index (χ3v) is 2.55. The van der Waals surface area contributed by atoms with Crippen molar-refractivity contribution >= 4 is 27.5 Å². The van der Waals surface area contributed by atoms with Crippen LogP contribution in [0.1, 0.15) is 20.8 Å². The average molecular weight is 285 g/mol. The van der Waals surface area contributed by atoms with Crippen LogP contribution in [0.5, 0.6) is 0 Å². The van der Waals surface area contributed by atoms with Crippen LogP contribution in [0.3, 0.4) is 0 Å². The number of carbonyl (C=O) groups excluding carboxylic acids is 1. The third-order valence-electron chi connectivity index (χ3n) is 2.04. The summed E-state index contributed by atoms with van der Waals surface area (Å²) in [7, 11) is 0. The second kappa shape index (κ2) is 5.34. The van der Waals surface area contributed by atoms with Gasteiger partial charge in [-0.2, -0.15) is 0 Å². The van der Waals surface area contributed by atoms with Gasteiger partial charge in [0, 0.05) is 0 Å². The first-order valence-corrected chi connectivity index (χ1v) is 6.28. The molecule has 0 saturated heterocycles. The smallest absolute Gasteiger partial charge is 0.249 e. The number of halogens is 1. The number of anilines is 1. The predicted octanol–water partition coefficient (Wildman–Crippen LogP) is 2.72. The Balaban J connectivity index is 2.93. The van der Waals surface area contributed by atoms with E-state index in [2.05, 4.69) is 42.1 Å². The topological polar surface area (TPSA) is 32.3 Å². The number of hydrogen-bond acceptors (Lipinski definition) is 2. The standard InChI is InChI=1S/C12H17BrN2O/c1-12(2,3)15(14-11(16)9-13)10-7-5-4-6-8-10/h4-8H,9H2,1-3H3,(H,14,16). The summed E-state index contributed by atoms with van der Waals surface area (Å²) < 4.78 is 0. The first kappa shape index (κ1) is 13.0. The molecule has 0 atom stereocenters. The number of carbonyl (C=O) groups is 1. The maximum Gasteiger partial charge on any atom is 0.249 e. The molecule has 1 aromatic rings. The van der Waals surface area contributed by atoms with Crippen LogP contribution in [-0.4, -0.2) is 16.8 Å². The molecule has 16 heavy (non-hydrogen) atoms. The molecule has 0 spiro atoms. The number of nitrogens with zero attached hydrogens (tertiary/aromatic N) is 1. The van der Waals surface area contributed by atoms with Crippen molar-refractivity contribution in [2.45, 2.75) is 26.3 Å². The van der Waals surface area contributed by atoms with E-state index >= 15 is 0 Å². The summed E-state index contributed by atoms with van der Waals surface area (Å²) in [5.41, 5.74) is 3.68. The monoisotopic (exact) mass is 284 g/mol. The fourth-order valence-electron chi connectivity index (χ4n) is 1.35. The summed E-state index contributed by atoms with van der Waals surface area (Å²) in [6.07, 6.45) is 0. The molecule has 0 radical (unpaired) electrons. The minimum Gasteiger partial charge on any atom is -0.280 e. The van der Waals surface area contributed by atoms with Gasteiger partial charge in [0.2, 0.25) is 5.91 Å². The van der Waals surface area contributed by atoms with Crippen molar-refractivity contribution in [3.8, 4) is 0 Å². The maximum absolute atomic E-state index is 11.4. The summed E-state index contributed by atoms with van der Waals surface area (Å²) in [5, 5.41) is 2.17. The van der Waals surface area contributed by atoms with E-state index in [0.29, 0.717) is 5.33 Å². The number of hydrazine groups is 1. The summed E-state index contributed by atoms with van der Waals surface area (Å²) in [6.45, 7) is 6.15. The van der Waals surface area contributed by atoms with Crippen LogP contribution >= 0.6 is 15.9 Å². The molecule has 0 saturated carbocycles. The highest BCUT2D eigenvalue weighted by Gasteiger charge is 2.23. The lowest BCUT2D eigenvalue weighted by atomic mass is 10.1. The van der Waals surface area contributed by atoms with Crippen LogP contribution in [0.15, 0.2) is 30.3 Å². The van der Waals surface area contributed by atoms with Gasteiger partial charge in [0.15, 0.2) is 0 Å². The van der Waals surface area contributed by atoms with E-state index in [0.717, 1.165) is 5.69 Å². The molecule has 0 heterocycles. The third kappa shape index (κ3) is 3.52. The first-order valence-electron chi connectivity index (χ1n) is 5.16. The molecule has 1 amide bonds. The zero-order chi connectivity index (χ0) is 12.2. The van der Waals surface area contributed by atoms with Crippen LogP contribution in [-0.2, 0) is 4.79 Å². The number of amides is 1. The number of benzene rings is 1. The minimum atomic E-state index is -0.167. The summed E-state index contributed by atoms with van der Waals surface area (Å²) in [6, 6.07) is 9.80. The van der Waals surface area contributed by atoms with E-state index in [1.165, 1.54) is 0 Å². The highest BCUT2D eigenvalue weighted by molar-refractivity contribution is 9.09. The van der Waals surface area contributed by atoms with E-state index in [1.807, 2.05) is 35.3 Å². The molecule has 4 heteroatoms. The molecule has 0 aliphatic rings.